The van der Waals surface area contributed by atoms with Crippen LogP contribution in [0, 0.1) is 22.7 Å². The Hall–Kier alpha value is -4.80. The largest absolute Gasteiger partial charge is 0.462 e. The van der Waals surface area contributed by atoms with Crippen molar-refractivity contribution in [3.8, 4) is 23.4 Å². The smallest absolute Gasteiger partial charge is 0.355 e. The van der Waals surface area contributed by atoms with Crippen LogP contribution in [0.15, 0.2) is 60.0 Å². The molecule has 1 aromatic carbocycles. The molecule has 178 valence electrons. The van der Waals surface area contributed by atoms with E-state index in [1.54, 1.807) is 62.5 Å². The Bertz CT molecular complexity index is 1480. The minimum atomic E-state index is -1.76. The minimum Gasteiger partial charge on any atom is -0.462 e. The highest BCUT2D eigenvalue weighted by Crippen LogP contribution is 2.56. The van der Waals surface area contributed by atoms with Gasteiger partial charge in [-0.25, -0.2) is 19.6 Å². The van der Waals surface area contributed by atoms with E-state index in [4.69, 9.17) is 14.2 Å². The number of carbonyl (C=O) groups is 2. The summed E-state index contributed by atoms with van der Waals surface area (Å²) in [5.74, 6) is -1.56. The molecule has 3 heterocycles. The molecular formula is C26H19N5O5. The molecule has 3 aliphatic rings. The Kier molecular flexibility index (Phi) is 5.59. The average molecular weight is 481 g/mol. The fourth-order valence-electron chi connectivity index (χ4n) is 4.68. The first-order valence-electron chi connectivity index (χ1n) is 11.2. The lowest BCUT2D eigenvalue weighted by atomic mass is 9.82. The van der Waals surface area contributed by atoms with Crippen molar-refractivity contribution in [3.05, 3.63) is 82.6 Å². The molecule has 10 heteroatoms. The molecule has 36 heavy (non-hydrogen) atoms. The predicted molar refractivity (Wildman–Crippen MR) is 123 cm³/mol. The van der Waals surface area contributed by atoms with Crippen molar-refractivity contribution in [1.82, 2.24) is 14.9 Å². The Balaban J connectivity index is 1.95. The summed E-state index contributed by atoms with van der Waals surface area (Å²) in [6.45, 7) is 3.41. The standard InChI is InChI=1S/C26H19N5O5/c1-3-34-24(32)20-22(25(33)35-4-2)31-12-8-7-11-19(31)36-26(20)16-10-6-5-9-15(16)21-23(26)30-18(14-28)17(13-27)29-21/h5-12,19H,3-4H2,1-2H3. The van der Waals surface area contributed by atoms with E-state index in [1.807, 2.05) is 12.1 Å². The van der Waals surface area contributed by atoms with Crippen LogP contribution in [-0.2, 0) is 29.4 Å². The zero-order valence-electron chi connectivity index (χ0n) is 19.4. The van der Waals surface area contributed by atoms with Crippen LogP contribution in [0.5, 0.6) is 0 Å². The van der Waals surface area contributed by atoms with Crippen molar-refractivity contribution in [1.29, 1.82) is 10.5 Å². The van der Waals surface area contributed by atoms with Crippen molar-refractivity contribution < 1.29 is 23.8 Å². The van der Waals surface area contributed by atoms with Gasteiger partial charge in [-0.2, -0.15) is 10.5 Å². The molecule has 0 amide bonds. The first-order valence-corrected chi connectivity index (χ1v) is 11.2. The van der Waals surface area contributed by atoms with Gasteiger partial charge in [-0.3, -0.25) is 0 Å². The highest BCUT2D eigenvalue weighted by molar-refractivity contribution is 6.04. The van der Waals surface area contributed by atoms with E-state index in [9.17, 15) is 20.1 Å². The van der Waals surface area contributed by atoms with Crippen molar-refractivity contribution in [2.45, 2.75) is 25.7 Å². The number of carbonyl (C=O) groups excluding carboxylic acids is 2. The highest BCUT2D eigenvalue weighted by atomic mass is 16.6. The van der Waals surface area contributed by atoms with Crippen LogP contribution >= 0.6 is 0 Å². The normalized spacial score (nSPS) is 20.8. The zero-order chi connectivity index (χ0) is 25.4. The zero-order valence-corrected chi connectivity index (χ0v) is 19.4. The van der Waals surface area contributed by atoms with Gasteiger partial charge in [0.2, 0.25) is 0 Å². The molecule has 10 nitrogen and oxygen atoms in total. The molecule has 1 aliphatic carbocycles. The Morgan fingerprint density at radius 1 is 1.06 bits per heavy atom. The van der Waals surface area contributed by atoms with Crippen LogP contribution in [0.4, 0.5) is 0 Å². The molecule has 2 unspecified atom stereocenters. The minimum absolute atomic E-state index is 0.0324. The lowest BCUT2D eigenvalue weighted by Crippen LogP contribution is -2.52. The van der Waals surface area contributed by atoms with Crippen molar-refractivity contribution in [3.63, 3.8) is 0 Å². The van der Waals surface area contributed by atoms with Crippen LogP contribution in [0.1, 0.15) is 36.5 Å². The molecule has 0 radical (unpaired) electrons. The third-order valence-corrected chi connectivity index (χ3v) is 6.00. The van der Waals surface area contributed by atoms with E-state index < -0.39 is 23.8 Å². The van der Waals surface area contributed by atoms with Gasteiger partial charge in [-0.1, -0.05) is 30.3 Å². The second kappa shape index (κ2) is 8.77. The summed E-state index contributed by atoms with van der Waals surface area (Å²) in [5, 5.41) is 19.3. The second-order valence-corrected chi connectivity index (χ2v) is 7.88. The monoisotopic (exact) mass is 481 g/mol. The van der Waals surface area contributed by atoms with Crippen LogP contribution in [0.2, 0.25) is 0 Å². The number of nitriles is 2. The van der Waals surface area contributed by atoms with Gasteiger partial charge in [0, 0.05) is 17.3 Å². The van der Waals surface area contributed by atoms with Gasteiger partial charge in [-0.05, 0) is 26.0 Å². The molecule has 5 rings (SSSR count). The molecule has 2 aromatic rings. The summed E-state index contributed by atoms with van der Waals surface area (Å²) < 4.78 is 17.4. The molecule has 0 saturated carbocycles. The second-order valence-electron chi connectivity index (χ2n) is 7.88. The van der Waals surface area contributed by atoms with Crippen molar-refractivity contribution in [2.75, 3.05) is 13.2 Å². The van der Waals surface area contributed by atoms with Gasteiger partial charge < -0.3 is 19.1 Å². The number of rotatable bonds is 4. The van der Waals surface area contributed by atoms with E-state index in [0.29, 0.717) is 11.1 Å². The van der Waals surface area contributed by atoms with Gasteiger partial charge in [-0.15, -0.1) is 0 Å². The van der Waals surface area contributed by atoms with E-state index >= 15 is 0 Å². The summed E-state index contributed by atoms with van der Waals surface area (Å²) in [5.41, 5.74) is -0.943. The quantitative estimate of drug-likeness (QED) is 0.599. The molecule has 2 atom stereocenters. The van der Waals surface area contributed by atoms with Crippen LogP contribution in [0.3, 0.4) is 0 Å². The first kappa shape index (κ1) is 23.0. The Morgan fingerprint density at radius 3 is 2.47 bits per heavy atom. The van der Waals surface area contributed by atoms with Crippen molar-refractivity contribution in [2.24, 2.45) is 0 Å². The number of benzene rings is 1. The lowest BCUT2D eigenvalue weighted by molar-refractivity contribution is -0.156. The van der Waals surface area contributed by atoms with E-state index in [1.165, 1.54) is 4.90 Å². The van der Waals surface area contributed by atoms with Gasteiger partial charge >= 0.3 is 11.9 Å². The number of allylic oxidation sites excluding steroid dienone is 2. The summed E-state index contributed by atoms with van der Waals surface area (Å²) in [6, 6.07) is 10.8. The highest BCUT2D eigenvalue weighted by Gasteiger charge is 2.59. The number of aromatic nitrogens is 2. The van der Waals surface area contributed by atoms with E-state index in [-0.39, 0.29) is 47.3 Å². The SMILES string of the molecule is CCOC(=O)C1=C(C(=O)OCC)C2(OC3C=CC=CN13)c1ccccc1-c1nc(C#N)c(C#N)nc12. The Labute approximate surface area is 206 Å². The van der Waals surface area contributed by atoms with Gasteiger partial charge in [0.05, 0.1) is 18.9 Å². The van der Waals surface area contributed by atoms with Crippen LogP contribution in [-0.4, -0.2) is 46.2 Å². The number of esters is 2. The first-order chi connectivity index (χ1) is 17.5. The summed E-state index contributed by atoms with van der Waals surface area (Å²) in [4.78, 5) is 37.4. The third-order valence-electron chi connectivity index (χ3n) is 6.00. The van der Waals surface area contributed by atoms with Crippen LogP contribution < -0.4 is 0 Å². The Morgan fingerprint density at radius 2 is 1.75 bits per heavy atom. The lowest BCUT2D eigenvalue weighted by Gasteiger charge is -2.45. The number of fused-ring (bicyclic) bond motifs is 6. The topological polar surface area (TPSA) is 138 Å². The maximum absolute atomic E-state index is 13.6. The average Bonchev–Trinajstić information content (AvgIpc) is 3.16. The molecule has 1 spiro atoms. The molecule has 0 N–H and O–H groups in total. The number of hydrogen-bond donors (Lipinski definition) is 0. The molecular weight excluding hydrogens is 462 g/mol. The van der Waals surface area contributed by atoms with E-state index in [0.717, 1.165) is 0 Å². The van der Waals surface area contributed by atoms with Gasteiger partial charge in [0.15, 0.2) is 23.2 Å². The molecule has 0 bridgehead atoms. The van der Waals surface area contributed by atoms with Crippen LogP contribution in [0.25, 0.3) is 11.3 Å². The maximum Gasteiger partial charge on any atom is 0.355 e. The molecule has 2 aliphatic heterocycles. The van der Waals surface area contributed by atoms with Gasteiger partial charge in [0.25, 0.3) is 0 Å². The molecule has 1 aromatic heterocycles. The fourth-order valence-corrected chi connectivity index (χ4v) is 4.68. The summed E-state index contributed by atoms with van der Waals surface area (Å²) in [7, 11) is 0. The third kappa shape index (κ3) is 3.13. The molecule has 0 fully saturated rings. The fraction of sp³-hybridized carbons (Fsp3) is 0.231. The summed E-state index contributed by atoms with van der Waals surface area (Å²) in [6.07, 6.45) is 5.94. The number of nitrogens with zero attached hydrogens (tertiary/aromatic N) is 5. The molecule has 0 saturated heterocycles. The number of ether oxygens (including phenoxy) is 3. The van der Waals surface area contributed by atoms with Crippen molar-refractivity contribution >= 4 is 11.9 Å². The number of hydrogen-bond acceptors (Lipinski definition) is 10. The van der Waals surface area contributed by atoms with Gasteiger partial charge in [0.1, 0.15) is 29.1 Å². The maximum atomic E-state index is 13.6. The summed E-state index contributed by atoms with van der Waals surface area (Å²) >= 11 is 0. The van der Waals surface area contributed by atoms with E-state index in [2.05, 4.69) is 9.97 Å². The predicted octanol–water partition coefficient (Wildman–Crippen LogP) is 2.57.